The lowest BCUT2D eigenvalue weighted by Gasteiger charge is -2.31. The van der Waals surface area contributed by atoms with E-state index in [2.05, 4.69) is 4.72 Å². The topological polar surface area (TPSA) is 72.2 Å². The molecule has 2 atom stereocenters. The molecule has 20 heavy (non-hydrogen) atoms. The molecule has 112 valence electrons. The lowest BCUT2D eigenvalue weighted by Crippen LogP contribution is -2.44. The maximum atomic E-state index is 12.5. The Kier molecular flexibility index (Phi) is 5.18. The van der Waals surface area contributed by atoms with E-state index in [4.69, 9.17) is 5.73 Å². The van der Waals surface area contributed by atoms with Crippen molar-refractivity contribution in [3.8, 4) is 0 Å². The Hall–Kier alpha value is -0.910. The van der Waals surface area contributed by atoms with Crippen LogP contribution in [0.15, 0.2) is 29.2 Å². The molecule has 1 saturated carbocycles. The molecule has 0 bridgehead atoms. The molecule has 1 aromatic carbocycles. The minimum absolute atomic E-state index is 0.0240. The lowest BCUT2D eigenvalue weighted by atomic mass is 9.85. The van der Waals surface area contributed by atoms with Crippen molar-refractivity contribution < 1.29 is 8.42 Å². The summed E-state index contributed by atoms with van der Waals surface area (Å²) in [6.45, 7) is 2.56. The molecule has 0 spiro atoms. The van der Waals surface area contributed by atoms with Gasteiger partial charge in [0.05, 0.1) is 4.90 Å². The minimum Gasteiger partial charge on any atom is -0.330 e. The zero-order chi connectivity index (χ0) is 14.6. The Balaban J connectivity index is 2.17. The van der Waals surface area contributed by atoms with Gasteiger partial charge >= 0.3 is 0 Å². The van der Waals surface area contributed by atoms with E-state index in [1.54, 1.807) is 18.2 Å². The highest BCUT2D eigenvalue weighted by molar-refractivity contribution is 7.89. The summed E-state index contributed by atoms with van der Waals surface area (Å²) >= 11 is 0. The van der Waals surface area contributed by atoms with Crippen molar-refractivity contribution in [2.24, 2.45) is 11.7 Å². The number of nitrogens with one attached hydrogen (secondary N) is 1. The summed E-state index contributed by atoms with van der Waals surface area (Å²) in [5.74, 6) is 0.257. The van der Waals surface area contributed by atoms with Crippen LogP contribution in [0.5, 0.6) is 0 Å². The number of hydrogen-bond donors (Lipinski definition) is 2. The van der Waals surface area contributed by atoms with Crippen molar-refractivity contribution in [3.63, 3.8) is 0 Å². The standard InChI is InChI=1S/C15H24N2O2S/c1-2-12-6-5-8-14(10-12)20(18,19)17-15-9-4-3-7-13(15)11-16/h5-6,8,10,13,15,17H,2-4,7,9,11,16H2,1H3. The fourth-order valence-corrected chi connectivity index (χ4v) is 4.25. The number of benzene rings is 1. The average Bonchev–Trinajstić information content (AvgIpc) is 2.47. The van der Waals surface area contributed by atoms with E-state index in [9.17, 15) is 8.42 Å². The van der Waals surface area contributed by atoms with Gasteiger partial charge in [-0.05, 0) is 49.4 Å². The monoisotopic (exact) mass is 296 g/mol. The number of nitrogens with two attached hydrogens (primary N) is 1. The Morgan fingerprint density at radius 1 is 1.30 bits per heavy atom. The third kappa shape index (κ3) is 3.59. The molecule has 0 aliphatic heterocycles. The first-order valence-corrected chi connectivity index (χ1v) is 8.86. The van der Waals surface area contributed by atoms with E-state index in [1.165, 1.54) is 0 Å². The molecule has 0 amide bonds. The fourth-order valence-electron chi connectivity index (χ4n) is 2.84. The van der Waals surface area contributed by atoms with E-state index in [-0.39, 0.29) is 12.0 Å². The van der Waals surface area contributed by atoms with Crippen LogP contribution < -0.4 is 10.5 Å². The van der Waals surface area contributed by atoms with E-state index >= 15 is 0 Å². The Labute approximate surface area is 121 Å². The molecule has 4 nitrogen and oxygen atoms in total. The van der Waals surface area contributed by atoms with E-state index in [1.807, 2.05) is 13.0 Å². The zero-order valence-corrected chi connectivity index (χ0v) is 12.8. The van der Waals surface area contributed by atoms with E-state index in [0.29, 0.717) is 11.4 Å². The van der Waals surface area contributed by atoms with Crippen molar-refractivity contribution in [2.45, 2.75) is 50.0 Å². The Morgan fingerprint density at radius 3 is 2.75 bits per heavy atom. The highest BCUT2D eigenvalue weighted by Gasteiger charge is 2.28. The molecule has 5 heteroatoms. The van der Waals surface area contributed by atoms with Gasteiger partial charge < -0.3 is 5.73 Å². The fraction of sp³-hybridized carbons (Fsp3) is 0.600. The van der Waals surface area contributed by atoms with Crippen LogP contribution in [0.2, 0.25) is 0 Å². The maximum absolute atomic E-state index is 12.5. The molecule has 1 aromatic rings. The molecule has 1 aliphatic rings. The zero-order valence-electron chi connectivity index (χ0n) is 12.0. The van der Waals surface area contributed by atoms with Crippen LogP contribution in [-0.2, 0) is 16.4 Å². The van der Waals surface area contributed by atoms with Gasteiger partial charge in [0.2, 0.25) is 10.0 Å². The van der Waals surface area contributed by atoms with Crippen molar-refractivity contribution in [3.05, 3.63) is 29.8 Å². The molecule has 3 N–H and O–H groups in total. The molecule has 0 heterocycles. The number of aryl methyl sites for hydroxylation is 1. The van der Waals surface area contributed by atoms with Crippen LogP contribution in [0.3, 0.4) is 0 Å². The average molecular weight is 296 g/mol. The van der Waals surface area contributed by atoms with E-state index < -0.39 is 10.0 Å². The van der Waals surface area contributed by atoms with E-state index in [0.717, 1.165) is 37.7 Å². The SMILES string of the molecule is CCc1cccc(S(=O)(=O)NC2CCCCC2CN)c1. The lowest BCUT2D eigenvalue weighted by molar-refractivity contribution is 0.296. The Bertz CT molecular complexity index is 543. The predicted molar refractivity (Wildman–Crippen MR) is 80.9 cm³/mol. The largest absolute Gasteiger partial charge is 0.330 e. The van der Waals surface area contributed by atoms with Gasteiger partial charge in [-0.15, -0.1) is 0 Å². The first kappa shape index (κ1) is 15.5. The summed E-state index contributed by atoms with van der Waals surface area (Å²) in [6.07, 6.45) is 4.94. The quantitative estimate of drug-likeness (QED) is 0.873. The van der Waals surface area contributed by atoms with Gasteiger partial charge in [0, 0.05) is 6.04 Å². The molecule has 1 aliphatic carbocycles. The van der Waals surface area contributed by atoms with Crippen molar-refractivity contribution in [1.29, 1.82) is 0 Å². The Morgan fingerprint density at radius 2 is 2.05 bits per heavy atom. The maximum Gasteiger partial charge on any atom is 0.240 e. The van der Waals surface area contributed by atoms with Gasteiger partial charge in [-0.25, -0.2) is 13.1 Å². The predicted octanol–water partition coefficient (Wildman–Crippen LogP) is 2.04. The van der Waals surface area contributed by atoms with Gasteiger partial charge in [0.15, 0.2) is 0 Å². The second-order valence-corrected chi connectivity index (χ2v) is 7.22. The second kappa shape index (κ2) is 6.70. The second-order valence-electron chi connectivity index (χ2n) is 5.51. The first-order chi connectivity index (χ1) is 9.56. The summed E-state index contributed by atoms with van der Waals surface area (Å²) in [6, 6.07) is 7.13. The van der Waals surface area contributed by atoms with Gasteiger partial charge in [-0.1, -0.05) is 31.9 Å². The summed E-state index contributed by atoms with van der Waals surface area (Å²) in [4.78, 5) is 0.359. The third-order valence-electron chi connectivity index (χ3n) is 4.14. The van der Waals surface area contributed by atoms with Crippen LogP contribution in [0, 0.1) is 5.92 Å². The highest BCUT2D eigenvalue weighted by Crippen LogP contribution is 2.25. The molecule has 2 rings (SSSR count). The first-order valence-electron chi connectivity index (χ1n) is 7.38. The van der Waals surface area contributed by atoms with Crippen molar-refractivity contribution in [1.82, 2.24) is 4.72 Å². The summed E-state index contributed by atoms with van der Waals surface area (Å²) in [5, 5.41) is 0. The molecule has 0 aromatic heterocycles. The van der Waals surface area contributed by atoms with Crippen LogP contribution in [0.4, 0.5) is 0 Å². The smallest absolute Gasteiger partial charge is 0.240 e. The molecule has 0 radical (unpaired) electrons. The molecule has 0 saturated heterocycles. The van der Waals surface area contributed by atoms with Gasteiger partial charge in [-0.3, -0.25) is 0 Å². The highest BCUT2D eigenvalue weighted by atomic mass is 32.2. The summed E-state index contributed by atoms with van der Waals surface area (Å²) in [7, 11) is -3.44. The van der Waals surface area contributed by atoms with Crippen molar-refractivity contribution >= 4 is 10.0 Å². The number of sulfonamides is 1. The molecular weight excluding hydrogens is 272 g/mol. The molecular formula is C15H24N2O2S. The number of hydrogen-bond acceptors (Lipinski definition) is 3. The van der Waals surface area contributed by atoms with Crippen LogP contribution in [0.25, 0.3) is 0 Å². The normalized spacial score (nSPS) is 23.7. The van der Waals surface area contributed by atoms with Gasteiger partial charge in [0.1, 0.15) is 0 Å². The van der Waals surface area contributed by atoms with Crippen LogP contribution >= 0.6 is 0 Å². The van der Waals surface area contributed by atoms with Gasteiger partial charge in [0.25, 0.3) is 0 Å². The third-order valence-corrected chi connectivity index (χ3v) is 5.62. The van der Waals surface area contributed by atoms with Gasteiger partial charge in [-0.2, -0.15) is 0 Å². The van der Waals surface area contributed by atoms with Crippen molar-refractivity contribution in [2.75, 3.05) is 6.54 Å². The number of rotatable bonds is 5. The summed E-state index contributed by atoms with van der Waals surface area (Å²) in [5.41, 5.74) is 6.80. The molecule has 1 fully saturated rings. The minimum atomic E-state index is -3.44. The summed E-state index contributed by atoms with van der Waals surface area (Å²) < 4.78 is 27.8. The van der Waals surface area contributed by atoms with Crippen LogP contribution in [0.1, 0.15) is 38.2 Å². The molecule has 2 unspecified atom stereocenters. The van der Waals surface area contributed by atoms with Crippen LogP contribution in [-0.4, -0.2) is 21.0 Å².